The number of hydrogen-bond acceptors (Lipinski definition) is 8. The molecule has 184 valence electrons. The molecular formula is C22H30F2N8O2. The van der Waals surface area contributed by atoms with Crippen LogP contribution in [-0.4, -0.2) is 75.4 Å². The van der Waals surface area contributed by atoms with Crippen molar-refractivity contribution < 1.29 is 18.3 Å². The third-order valence-corrected chi connectivity index (χ3v) is 6.02. The molecule has 2 aromatic rings. The number of aromatic nitrogens is 4. The minimum Gasteiger partial charge on any atom is -0.418 e. The molecule has 0 radical (unpaired) electrons. The maximum Gasteiger partial charge on any atom is 0.414 e. The summed E-state index contributed by atoms with van der Waals surface area (Å²) in [5.74, 6) is 0.275. The summed E-state index contributed by atoms with van der Waals surface area (Å²) in [6, 6.07) is 0.331. The zero-order valence-electron chi connectivity index (χ0n) is 19.4. The quantitative estimate of drug-likeness (QED) is 0.529. The van der Waals surface area contributed by atoms with Crippen LogP contribution in [0.15, 0.2) is 24.7 Å². The second-order valence-electron chi connectivity index (χ2n) is 8.55. The van der Waals surface area contributed by atoms with Crippen molar-refractivity contribution in [2.24, 2.45) is 0 Å². The highest BCUT2D eigenvalue weighted by atomic mass is 19.3. The summed E-state index contributed by atoms with van der Waals surface area (Å²) in [5.41, 5.74) is 1.26. The largest absolute Gasteiger partial charge is 0.418 e. The zero-order chi connectivity index (χ0) is 24.1. The lowest BCUT2D eigenvalue weighted by Gasteiger charge is -2.28. The number of piperidine rings is 1. The number of rotatable bonds is 9. The normalized spacial score (nSPS) is 17.3. The fraction of sp³-hybridized carbons (Fsp3) is 0.545. The van der Waals surface area contributed by atoms with E-state index in [1.165, 1.54) is 11.2 Å². The summed E-state index contributed by atoms with van der Waals surface area (Å²) in [5, 5.41) is 10.7. The third-order valence-electron chi connectivity index (χ3n) is 6.02. The number of halogens is 2. The van der Waals surface area contributed by atoms with E-state index in [0.717, 1.165) is 43.5 Å². The second kappa shape index (κ2) is 10.8. The van der Waals surface area contributed by atoms with Crippen molar-refractivity contribution in [1.82, 2.24) is 29.5 Å². The van der Waals surface area contributed by atoms with E-state index in [2.05, 4.69) is 37.6 Å². The summed E-state index contributed by atoms with van der Waals surface area (Å²) >= 11 is 0. The smallest absolute Gasteiger partial charge is 0.414 e. The molecule has 12 heteroatoms. The van der Waals surface area contributed by atoms with Gasteiger partial charge in [-0.25, -0.2) is 18.6 Å². The van der Waals surface area contributed by atoms with Crippen molar-refractivity contribution in [3.63, 3.8) is 0 Å². The van der Waals surface area contributed by atoms with Crippen LogP contribution < -0.4 is 10.6 Å². The number of likely N-dealkylation sites (tertiary alicyclic amines) is 1. The molecule has 0 bridgehead atoms. The van der Waals surface area contributed by atoms with E-state index in [0.29, 0.717) is 32.1 Å². The highest BCUT2D eigenvalue weighted by Gasteiger charge is 2.21. The van der Waals surface area contributed by atoms with Crippen LogP contribution >= 0.6 is 0 Å². The number of amides is 1. The number of carbonyl (C=O) groups is 1. The fourth-order valence-corrected chi connectivity index (χ4v) is 4.01. The number of anilines is 3. The van der Waals surface area contributed by atoms with E-state index in [1.54, 1.807) is 6.08 Å². The van der Waals surface area contributed by atoms with Gasteiger partial charge in [0.05, 0.1) is 29.2 Å². The number of alkyl halides is 2. The number of hydrogen-bond donors (Lipinski definition) is 2. The molecular weight excluding hydrogens is 446 g/mol. The molecule has 2 N–H and O–H groups in total. The average Bonchev–Trinajstić information content (AvgIpc) is 3.18. The van der Waals surface area contributed by atoms with Crippen molar-refractivity contribution in [1.29, 1.82) is 0 Å². The molecule has 0 aliphatic carbocycles. The first-order valence-electron chi connectivity index (χ1n) is 11.4. The standard InChI is InChI=1S/C22H30F2N8O2/c1-15-18(14-32(29-15)16-5-10-30(2)11-6-16)27-21-26-13-17(19(23)24)20(28-21)25-7-3-8-31-9-4-12-34-22(31)33/h4,12-14,16,19H,3,5-11H2,1-2H3,(H2,25,26,27,28). The molecule has 2 aromatic heterocycles. The van der Waals surface area contributed by atoms with Crippen molar-refractivity contribution in [2.45, 2.75) is 38.7 Å². The van der Waals surface area contributed by atoms with Gasteiger partial charge in [-0.05, 0) is 52.4 Å². The molecule has 1 amide bonds. The number of nitrogens with one attached hydrogen (secondary N) is 2. The molecule has 2 aliphatic heterocycles. The second-order valence-corrected chi connectivity index (χ2v) is 8.55. The van der Waals surface area contributed by atoms with Crippen molar-refractivity contribution >= 4 is 23.5 Å². The SMILES string of the molecule is Cc1nn(C2CCN(C)CC2)cc1Nc1ncc(C(F)F)c(NCCCN2CC=COC2=O)n1. The molecule has 4 rings (SSSR count). The lowest BCUT2D eigenvalue weighted by atomic mass is 10.1. The highest BCUT2D eigenvalue weighted by molar-refractivity contribution is 5.69. The fourth-order valence-electron chi connectivity index (χ4n) is 4.01. The van der Waals surface area contributed by atoms with Gasteiger partial charge in [0.25, 0.3) is 6.43 Å². The third kappa shape index (κ3) is 5.79. The van der Waals surface area contributed by atoms with Gasteiger partial charge in [0.1, 0.15) is 5.82 Å². The minimum atomic E-state index is -2.72. The molecule has 1 fully saturated rings. The maximum atomic E-state index is 13.5. The molecule has 1 saturated heterocycles. The van der Waals surface area contributed by atoms with Crippen LogP contribution in [0.2, 0.25) is 0 Å². The van der Waals surface area contributed by atoms with Crippen molar-refractivity contribution in [3.8, 4) is 0 Å². The Bertz CT molecular complexity index is 1020. The predicted octanol–water partition coefficient (Wildman–Crippen LogP) is 3.70. The van der Waals surface area contributed by atoms with E-state index in [4.69, 9.17) is 4.74 Å². The summed E-state index contributed by atoms with van der Waals surface area (Å²) in [4.78, 5) is 23.9. The van der Waals surface area contributed by atoms with Crippen LogP contribution in [0.5, 0.6) is 0 Å². The number of aryl methyl sites for hydroxylation is 1. The van der Waals surface area contributed by atoms with Crippen LogP contribution in [0.3, 0.4) is 0 Å². The Morgan fingerprint density at radius 3 is 2.82 bits per heavy atom. The van der Waals surface area contributed by atoms with Crippen LogP contribution in [0.25, 0.3) is 0 Å². The number of ether oxygens (including phenoxy) is 1. The van der Waals surface area contributed by atoms with E-state index in [9.17, 15) is 13.6 Å². The first-order valence-corrected chi connectivity index (χ1v) is 11.4. The Morgan fingerprint density at radius 2 is 2.09 bits per heavy atom. The Labute approximate surface area is 197 Å². The number of nitrogens with zero attached hydrogens (tertiary/aromatic N) is 6. The van der Waals surface area contributed by atoms with Crippen LogP contribution in [-0.2, 0) is 4.74 Å². The topological polar surface area (TPSA) is 100 Å². The monoisotopic (exact) mass is 476 g/mol. The van der Waals surface area contributed by atoms with Gasteiger partial charge in [-0.3, -0.25) is 4.68 Å². The number of carbonyl (C=O) groups excluding carboxylic acids is 1. The Hall–Kier alpha value is -3.28. The first-order chi connectivity index (χ1) is 16.4. The van der Waals surface area contributed by atoms with Gasteiger partial charge in [0.2, 0.25) is 5.95 Å². The summed E-state index contributed by atoms with van der Waals surface area (Å²) < 4.78 is 33.8. The molecule has 0 aromatic carbocycles. The summed E-state index contributed by atoms with van der Waals surface area (Å²) in [6.45, 7) is 5.20. The Balaban J connectivity index is 1.39. The molecule has 0 spiro atoms. The Kier molecular flexibility index (Phi) is 7.56. The molecule has 0 atom stereocenters. The molecule has 4 heterocycles. The van der Waals surface area contributed by atoms with Crippen LogP contribution in [0.1, 0.15) is 43.0 Å². The maximum absolute atomic E-state index is 13.5. The van der Waals surface area contributed by atoms with Gasteiger partial charge in [0.15, 0.2) is 0 Å². The van der Waals surface area contributed by atoms with E-state index < -0.39 is 12.5 Å². The Morgan fingerprint density at radius 1 is 1.29 bits per heavy atom. The van der Waals surface area contributed by atoms with Gasteiger partial charge in [-0.15, -0.1) is 0 Å². The van der Waals surface area contributed by atoms with Crippen molar-refractivity contribution in [3.05, 3.63) is 36.0 Å². The molecule has 10 nitrogen and oxygen atoms in total. The van der Waals surface area contributed by atoms with Crippen molar-refractivity contribution in [2.75, 3.05) is 50.4 Å². The summed E-state index contributed by atoms with van der Waals surface area (Å²) in [7, 11) is 2.11. The van der Waals surface area contributed by atoms with Gasteiger partial charge in [-0.2, -0.15) is 10.1 Å². The van der Waals surface area contributed by atoms with Gasteiger partial charge < -0.3 is 25.2 Å². The summed E-state index contributed by atoms with van der Waals surface area (Å²) in [6.07, 6.45) is 5.62. The molecule has 34 heavy (non-hydrogen) atoms. The first kappa shape index (κ1) is 23.9. The number of cyclic esters (lactones) is 1. The lowest BCUT2D eigenvalue weighted by Crippen LogP contribution is -2.34. The lowest BCUT2D eigenvalue weighted by molar-refractivity contribution is 0.133. The highest BCUT2D eigenvalue weighted by Crippen LogP contribution is 2.28. The molecule has 0 unspecified atom stereocenters. The molecule has 2 aliphatic rings. The van der Waals surface area contributed by atoms with E-state index in [1.807, 2.05) is 17.8 Å². The average molecular weight is 477 g/mol. The van der Waals surface area contributed by atoms with Crippen LogP contribution in [0.4, 0.5) is 31.0 Å². The van der Waals surface area contributed by atoms with Crippen LogP contribution in [0, 0.1) is 6.92 Å². The molecule has 0 saturated carbocycles. The minimum absolute atomic E-state index is 0.0639. The van der Waals surface area contributed by atoms with Gasteiger partial charge in [0, 0.05) is 32.0 Å². The van der Waals surface area contributed by atoms with Gasteiger partial charge >= 0.3 is 6.09 Å². The zero-order valence-corrected chi connectivity index (χ0v) is 19.4. The van der Waals surface area contributed by atoms with E-state index >= 15 is 0 Å². The predicted molar refractivity (Wildman–Crippen MR) is 123 cm³/mol. The van der Waals surface area contributed by atoms with Gasteiger partial charge in [-0.1, -0.05) is 0 Å². The van der Waals surface area contributed by atoms with E-state index in [-0.39, 0.29) is 17.3 Å².